The number of hydrogen-bond acceptors (Lipinski definition) is 2. The molecule has 0 aliphatic rings. The molecular formula is C17H16N4. The molecule has 0 radical (unpaired) electrons. The minimum atomic E-state index is 0.794. The van der Waals surface area contributed by atoms with Gasteiger partial charge in [-0.15, -0.1) is 0 Å². The molecule has 21 heavy (non-hydrogen) atoms. The number of anilines is 1. The quantitative estimate of drug-likeness (QED) is 0.530. The predicted molar refractivity (Wildman–Crippen MR) is 86.5 cm³/mol. The lowest BCUT2D eigenvalue weighted by Gasteiger charge is -2.05. The summed E-state index contributed by atoms with van der Waals surface area (Å²) >= 11 is 0. The Balaban J connectivity index is 1.60. The molecule has 0 aliphatic carbocycles. The van der Waals surface area contributed by atoms with Crippen molar-refractivity contribution >= 4 is 27.6 Å². The zero-order chi connectivity index (χ0) is 14.2. The molecule has 4 aromatic rings. The van der Waals surface area contributed by atoms with Gasteiger partial charge in [0.15, 0.2) is 0 Å². The van der Waals surface area contributed by atoms with Gasteiger partial charge in [-0.3, -0.25) is 0 Å². The first kappa shape index (κ1) is 12.0. The van der Waals surface area contributed by atoms with Crippen molar-refractivity contribution in [2.45, 2.75) is 13.5 Å². The highest BCUT2D eigenvalue weighted by Crippen LogP contribution is 2.21. The second kappa shape index (κ2) is 4.66. The van der Waals surface area contributed by atoms with Crippen LogP contribution in [0.5, 0.6) is 0 Å². The number of aromatic amines is 2. The van der Waals surface area contributed by atoms with Crippen LogP contribution in [0, 0.1) is 6.92 Å². The van der Waals surface area contributed by atoms with E-state index in [0.29, 0.717) is 0 Å². The summed E-state index contributed by atoms with van der Waals surface area (Å²) in [6.45, 7) is 2.77. The van der Waals surface area contributed by atoms with Gasteiger partial charge in [0.05, 0.1) is 11.0 Å². The van der Waals surface area contributed by atoms with E-state index >= 15 is 0 Å². The lowest BCUT2D eigenvalue weighted by molar-refractivity contribution is 1.16. The number of nitrogens with zero attached hydrogens (tertiary/aromatic N) is 1. The molecule has 3 N–H and O–H groups in total. The van der Waals surface area contributed by atoms with Gasteiger partial charge in [0.2, 0.25) is 0 Å². The van der Waals surface area contributed by atoms with E-state index in [1.54, 1.807) is 0 Å². The molecule has 4 heteroatoms. The van der Waals surface area contributed by atoms with Gasteiger partial charge in [0, 0.05) is 29.3 Å². The Hall–Kier alpha value is -2.75. The maximum atomic E-state index is 4.42. The summed E-state index contributed by atoms with van der Waals surface area (Å²) in [4.78, 5) is 11.0. The van der Waals surface area contributed by atoms with Crippen molar-refractivity contribution in [1.29, 1.82) is 0 Å². The molecular weight excluding hydrogens is 260 g/mol. The molecule has 0 saturated heterocycles. The monoisotopic (exact) mass is 276 g/mol. The van der Waals surface area contributed by atoms with E-state index in [2.05, 4.69) is 56.8 Å². The molecule has 0 fully saturated rings. The Labute approximate surface area is 122 Å². The summed E-state index contributed by atoms with van der Waals surface area (Å²) in [5.41, 5.74) is 5.61. The number of aromatic nitrogens is 3. The van der Waals surface area contributed by atoms with Crippen LogP contribution in [0.2, 0.25) is 0 Å². The highest BCUT2D eigenvalue weighted by atomic mass is 14.9. The fraction of sp³-hybridized carbons (Fsp3) is 0.118. The number of nitrogens with one attached hydrogen (secondary N) is 3. The zero-order valence-electron chi connectivity index (χ0n) is 11.8. The van der Waals surface area contributed by atoms with E-state index < -0.39 is 0 Å². The molecule has 2 aromatic carbocycles. The highest BCUT2D eigenvalue weighted by molar-refractivity contribution is 5.83. The number of fused-ring (bicyclic) bond motifs is 2. The van der Waals surface area contributed by atoms with Gasteiger partial charge in [-0.05, 0) is 36.8 Å². The average molecular weight is 276 g/mol. The van der Waals surface area contributed by atoms with Crippen molar-refractivity contribution < 1.29 is 0 Å². The van der Waals surface area contributed by atoms with Gasteiger partial charge in [-0.1, -0.05) is 18.2 Å². The Morgan fingerprint density at radius 1 is 1.10 bits per heavy atom. The third-order valence-electron chi connectivity index (χ3n) is 3.76. The van der Waals surface area contributed by atoms with Gasteiger partial charge < -0.3 is 15.3 Å². The second-order valence-corrected chi connectivity index (χ2v) is 5.27. The number of aryl methyl sites for hydroxylation is 1. The largest absolute Gasteiger partial charge is 0.381 e. The molecule has 2 heterocycles. The summed E-state index contributed by atoms with van der Waals surface area (Å²) < 4.78 is 0. The van der Waals surface area contributed by atoms with E-state index in [1.807, 2.05) is 19.1 Å². The van der Waals surface area contributed by atoms with Gasteiger partial charge in [-0.2, -0.15) is 0 Å². The molecule has 104 valence electrons. The maximum absolute atomic E-state index is 4.42. The van der Waals surface area contributed by atoms with Crippen LogP contribution in [-0.2, 0) is 6.54 Å². The van der Waals surface area contributed by atoms with Crippen LogP contribution in [0.25, 0.3) is 21.9 Å². The zero-order valence-corrected chi connectivity index (χ0v) is 11.8. The standard InChI is InChI=1S/C17H16N4/c1-11-20-16-7-6-13(8-17(16)21-11)18-9-12-10-19-15-5-3-2-4-14(12)15/h2-8,10,18-19H,9H2,1H3,(H,20,21). The van der Waals surface area contributed by atoms with E-state index in [1.165, 1.54) is 16.5 Å². The van der Waals surface area contributed by atoms with Gasteiger partial charge in [0.1, 0.15) is 5.82 Å². The molecule has 2 aromatic heterocycles. The van der Waals surface area contributed by atoms with Gasteiger partial charge in [-0.25, -0.2) is 4.98 Å². The first-order valence-corrected chi connectivity index (χ1v) is 7.05. The molecule has 0 unspecified atom stereocenters. The maximum Gasteiger partial charge on any atom is 0.104 e. The van der Waals surface area contributed by atoms with Gasteiger partial charge >= 0.3 is 0 Å². The van der Waals surface area contributed by atoms with Crippen LogP contribution in [0.15, 0.2) is 48.7 Å². The number of imidazole rings is 1. The minimum Gasteiger partial charge on any atom is -0.381 e. The number of benzene rings is 2. The Morgan fingerprint density at radius 2 is 2.00 bits per heavy atom. The summed E-state index contributed by atoms with van der Waals surface area (Å²) in [6, 6.07) is 14.6. The van der Waals surface area contributed by atoms with Crippen LogP contribution in [-0.4, -0.2) is 15.0 Å². The number of para-hydroxylation sites is 1. The fourth-order valence-corrected chi connectivity index (χ4v) is 2.72. The van der Waals surface area contributed by atoms with Crippen LogP contribution < -0.4 is 5.32 Å². The third-order valence-corrected chi connectivity index (χ3v) is 3.76. The van der Waals surface area contributed by atoms with E-state index in [9.17, 15) is 0 Å². The Bertz CT molecular complexity index is 917. The summed E-state index contributed by atoms with van der Waals surface area (Å²) in [5.74, 6) is 0.943. The van der Waals surface area contributed by atoms with E-state index in [-0.39, 0.29) is 0 Å². The summed E-state index contributed by atoms with van der Waals surface area (Å²) in [6.07, 6.45) is 2.07. The first-order chi connectivity index (χ1) is 10.3. The first-order valence-electron chi connectivity index (χ1n) is 7.05. The van der Waals surface area contributed by atoms with Crippen molar-refractivity contribution in [1.82, 2.24) is 15.0 Å². The van der Waals surface area contributed by atoms with Crippen molar-refractivity contribution in [3.63, 3.8) is 0 Å². The number of hydrogen-bond donors (Lipinski definition) is 3. The molecule has 0 bridgehead atoms. The molecule has 4 nitrogen and oxygen atoms in total. The third kappa shape index (κ3) is 2.14. The fourth-order valence-electron chi connectivity index (χ4n) is 2.72. The number of rotatable bonds is 3. The van der Waals surface area contributed by atoms with Crippen molar-refractivity contribution in [2.24, 2.45) is 0 Å². The minimum absolute atomic E-state index is 0.794. The van der Waals surface area contributed by atoms with Gasteiger partial charge in [0.25, 0.3) is 0 Å². The van der Waals surface area contributed by atoms with Crippen LogP contribution in [0.4, 0.5) is 5.69 Å². The van der Waals surface area contributed by atoms with Crippen LogP contribution >= 0.6 is 0 Å². The number of H-pyrrole nitrogens is 2. The molecule has 0 atom stereocenters. The Morgan fingerprint density at radius 3 is 2.95 bits per heavy atom. The molecule has 0 saturated carbocycles. The topological polar surface area (TPSA) is 56.5 Å². The Kier molecular flexibility index (Phi) is 2.67. The summed E-state index contributed by atoms with van der Waals surface area (Å²) in [5, 5.41) is 4.74. The molecule has 0 spiro atoms. The smallest absolute Gasteiger partial charge is 0.104 e. The van der Waals surface area contributed by atoms with E-state index in [0.717, 1.165) is 29.1 Å². The van der Waals surface area contributed by atoms with Crippen LogP contribution in [0.3, 0.4) is 0 Å². The predicted octanol–water partition coefficient (Wildman–Crippen LogP) is 3.96. The average Bonchev–Trinajstić information content (AvgIpc) is 3.07. The lowest BCUT2D eigenvalue weighted by atomic mass is 10.1. The SMILES string of the molecule is Cc1nc2ccc(NCc3c[nH]c4ccccc34)cc2[nH]1. The normalized spacial score (nSPS) is 11.3. The molecule has 4 rings (SSSR count). The highest BCUT2D eigenvalue weighted by Gasteiger charge is 2.04. The van der Waals surface area contributed by atoms with Crippen molar-refractivity contribution in [3.05, 3.63) is 60.0 Å². The lowest BCUT2D eigenvalue weighted by Crippen LogP contribution is -1.98. The van der Waals surface area contributed by atoms with Crippen molar-refractivity contribution in [2.75, 3.05) is 5.32 Å². The van der Waals surface area contributed by atoms with Crippen molar-refractivity contribution in [3.8, 4) is 0 Å². The van der Waals surface area contributed by atoms with Crippen LogP contribution in [0.1, 0.15) is 11.4 Å². The molecule has 0 aliphatic heterocycles. The molecule has 0 amide bonds. The second-order valence-electron chi connectivity index (χ2n) is 5.27. The summed E-state index contributed by atoms with van der Waals surface area (Å²) in [7, 11) is 0. The van der Waals surface area contributed by atoms with E-state index in [4.69, 9.17) is 0 Å².